The maximum atomic E-state index is 11.8. The van der Waals surface area contributed by atoms with E-state index in [-0.39, 0.29) is 34.1 Å². The topological polar surface area (TPSA) is 93.1 Å². The van der Waals surface area contributed by atoms with Crippen LogP contribution in [0, 0.1) is 0 Å². The summed E-state index contributed by atoms with van der Waals surface area (Å²) in [5, 5.41) is 20.2. The number of ether oxygens (including phenoxy) is 2. The fourth-order valence-electron chi connectivity index (χ4n) is 2.30. The molecule has 132 valence electrons. The van der Waals surface area contributed by atoms with Crippen LogP contribution in [0.15, 0.2) is 28.7 Å². The van der Waals surface area contributed by atoms with Crippen LogP contribution in [0.5, 0.6) is 11.5 Å². The quantitative estimate of drug-likeness (QED) is 0.720. The standard InChI is InChI=1S/C17H14BrClO6/c1-24-16(22)11-4-8(5-13(19)15(11)21)3-9-6-10(18)7-12(14(9)20)17(23)25-2/h4-7,20-21H,3H2,1-2H3. The maximum Gasteiger partial charge on any atom is 0.341 e. The molecule has 0 spiro atoms. The van der Waals surface area contributed by atoms with Crippen molar-refractivity contribution in [3.63, 3.8) is 0 Å². The van der Waals surface area contributed by atoms with Crippen molar-refractivity contribution in [3.05, 3.63) is 56.0 Å². The Labute approximate surface area is 157 Å². The number of phenolic OH excluding ortho intramolecular Hbond substituents is 2. The third-order valence-electron chi connectivity index (χ3n) is 3.48. The predicted octanol–water partition coefficient (Wildman–Crippen LogP) is 3.68. The van der Waals surface area contributed by atoms with Crippen molar-refractivity contribution >= 4 is 39.5 Å². The molecule has 0 bridgehead atoms. The molecule has 2 aromatic carbocycles. The van der Waals surface area contributed by atoms with Crippen LogP contribution < -0.4 is 0 Å². The van der Waals surface area contributed by atoms with Crippen LogP contribution in [0.4, 0.5) is 0 Å². The Bertz CT molecular complexity index is 850. The highest BCUT2D eigenvalue weighted by Gasteiger charge is 2.19. The minimum absolute atomic E-state index is 0.00458. The molecule has 0 unspecified atom stereocenters. The first-order chi connectivity index (χ1) is 11.8. The Kier molecular flexibility index (Phi) is 5.92. The first kappa shape index (κ1) is 19.1. The molecule has 0 amide bonds. The Morgan fingerprint density at radius 3 is 2.12 bits per heavy atom. The first-order valence-corrected chi connectivity index (χ1v) is 8.15. The summed E-state index contributed by atoms with van der Waals surface area (Å²) < 4.78 is 9.82. The number of aromatic hydroxyl groups is 2. The number of hydrogen-bond donors (Lipinski definition) is 2. The number of benzene rings is 2. The van der Waals surface area contributed by atoms with Gasteiger partial charge in [0.1, 0.15) is 22.6 Å². The van der Waals surface area contributed by atoms with Gasteiger partial charge in [0.05, 0.1) is 19.2 Å². The summed E-state index contributed by atoms with van der Waals surface area (Å²) in [7, 11) is 2.40. The van der Waals surface area contributed by atoms with Crippen LogP contribution in [-0.2, 0) is 15.9 Å². The molecule has 8 heteroatoms. The van der Waals surface area contributed by atoms with E-state index in [1.54, 1.807) is 6.07 Å². The molecule has 0 atom stereocenters. The van der Waals surface area contributed by atoms with Crippen LogP contribution in [0.1, 0.15) is 31.8 Å². The number of carbonyl (C=O) groups excluding carboxylic acids is 2. The molecule has 2 N–H and O–H groups in total. The molecular weight excluding hydrogens is 416 g/mol. The van der Waals surface area contributed by atoms with E-state index < -0.39 is 11.9 Å². The normalized spacial score (nSPS) is 10.4. The number of phenols is 2. The highest BCUT2D eigenvalue weighted by atomic mass is 79.9. The van der Waals surface area contributed by atoms with Gasteiger partial charge in [0.25, 0.3) is 0 Å². The molecular formula is C17H14BrClO6. The highest BCUT2D eigenvalue weighted by molar-refractivity contribution is 9.10. The van der Waals surface area contributed by atoms with Crippen LogP contribution in [0.3, 0.4) is 0 Å². The van der Waals surface area contributed by atoms with E-state index >= 15 is 0 Å². The molecule has 0 aliphatic carbocycles. The molecule has 2 aromatic rings. The van der Waals surface area contributed by atoms with Gasteiger partial charge in [-0.25, -0.2) is 9.59 Å². The molecule has 0 aliphatic rings. The van der Waals surface area contributed by atoms with E-state index in [1.165, 1.54) is 32.4 Å². The zero-order valence-electron chi connectivity index (χ0n) is 13.3. The van der Waals surface area contributed by atoms with Crippen molar-refractivity contribution < 1.29 is 29.3 Å². The Balaban J connectivity index is 2.50. The molecule has 0 saturated carbocycles. The summed E-state index contributed by atoms with van der Waals surface area (Å²) >= 11 is 9.23. The number of hydrogen-bond acceptors (Lipinski definition) is 6. The number of halogens is 2. The van der Waals surface area contributed by atoms with Gasteiger partial charge in [-0.15, -0.1) is 0 Å². The second-order valence-corrected chi connectivity index (χ2v) is 6.42. The average Bonchev–Trinajstić information content (AvgIpc) is 2.59. The van der Waals surface area contributed by atoms with Crippen LogP contribution in [0.25, 0.3) is 0 Å². The van der Waals surface area contributed by atoms with Crippen molar-refractivity contribution in [2.24, 2.45) is 0 Å². The summed E-state index contributed by atoms with van der Waals surface area (Å²) in [5.41, 5.74) is 0.859. The average molecular weight is 430 g/mol. The summed E-state index contributed by atoms with van der Waals surface area (Å²) in [6.45, 7) is 0. The molecule has 0 saturated heterocycles. The van der Waals surface area contributed by atoms with Crippen molar-refractivity contribution in [1.29, 1.82) is 0 Å². The lowest BCUT2D eigenvalue weighted by Gasteiger charge is -2.12. The molecule has 2 rings (SSSR count). The summed E-state index contributed by atoms with van der Waals surface area (Å²) in [5.74, 6) is -2.04. The second-order valence-electron chi connectivity index (χ2n) is 5.09. The zero-order valence-corrected chi connectivity index (χ0v) is 15.6. The summed E-state index contributed by atoms with van der Waals surface area (Å²) in [6, 6.07) is 5.93. The molecule has 0 heterocycles. The van der Waals surface area contributed by atoms with E-state index in [1.807, 2.05) is 0 Å². The molecule has 0 fully saturated rings. The molecule has 6 nitrogen and oxygen atoms in total. The predicted molar refractivity (Wildman–Crippen MR) is 94.4 cm³/mol. The van der Waals surface area contributed by atoms with Gasteiger partial charge in [-0.2, -0.15) is 0 Å². The molecule has 0 aliphatic heterocycles. The Morgan fingerprint density at radius 1 is 1.00 bits per heavy atom. The fourth-order valence-corrected chi connectivity index (χ4v) is 3.05. The zero-order chi connectivity index (χ0) is 18.7. The van der Waals surface area contributed by atoms with Gasteiger partial charge in [0.2, 0.25) is 0 Å². The van der Waals surface area contributed by atoms with E-state index in [2.05, 4.69) is 25.4 Å². The molecule has 0 radical (unpaired) electrons. The summed E-state index contributed by atoms with van der Waals surface area (Å²) in [6.07, 6.45) is 0.152. The Hall–Kier alpha value is -2.25. The molecule has 25 heavy (non-hydrogen) atoms. The number of rotatable bonds is 4. The van der Waals surface area contributed by atoms with Gasteiger partial charge >= 0.3 is 11.9 Å². The monoisotopic (exact) mass is 428 g/mol. The minimum atomic E-state index is -0.741. The van der Waals surface area contributed by atoms with Crippen molar-refractivity contribution in [2.75, 3.05) is 14.2 Å². The van der Waals surface area contributed by atoms with Crippen molar-refractivity contribution in [2.45, 2.75) is 6.42 Å². The minimum Gasteiger partial charge on any atom is -0.507 e. The van der Waals surface area contributed by atoms with Crippen molar-refractivity contribution in [3.8, 4) is 11.5 Å². The fraction of sp³-hybridized carbons (Fsp3) is 0.176. The third-order valence-corrected chi connectivity index (χ3v) is 4.23. The van der Waals surface area contributed by atoms with E-state index in [0.29, 0.717) is 15.6 Å². The summed E-state index contributed by atoms with van der Waals surface area (Å²) in [4.78, 5) is 23.5. The van der Waals surface area contributed by atoms with Gasteiger partial charge in [-0.05, 0) is 29.8 Å². The highest BCUT2D eigenvalue weighted by Crippen LogP contribution is 2.33. The maximum absolute atomic E-state index is 11.8. The second kappa shape index (κ2) is 7.76. The lowest BCUT2D eigenvalue weighted by molar-refractivity contribution is 0.0588. The van der Waals surface area contributed by atoms with Gasteiger partial charge < -0.3 is 19.7 Å². The number of esters is 2. The van der Waals surface area contributed by atoms with E-state index in [0.717, 1.165) is 0 Å². The van der Waals surface area contributed by atoms with Gasteiger partial charge in [0.15, 0.2) is 0 Å². The van der Waals surface area contributed by atoms with Crippen LogP contribution >= 0.6 is 27.5 Å². The Morgan fingerprint density at radius 2 is 1.56 bits per heavy atom. The van der Waals surface area contributed by atoms with Gasteiger partial charge in [-0.1, -0.05) is 27.5 Å². The lowest BCUT2D eigenvalue weighted by Crippen LogP contribution is -2.05. The van der Waals surface area contributed by atoms with Crippen LogP contribution in [-0.4, -0.2) is 36.4 Å². The lowest BCUT2D eigenvalue weighted by atomic mass is 9.99. The smallest absolute Gasteiger partial charge is 0.341 e. The number of methoxy groups -OCH3 is 2. The first-order valence-electron chi connectivity index (χ1n) is 6.97. The van der Waals surface area contributed by atoms with Gasteiger partial charge in [-0.3, -0.25) is 0 Å². The van der Waals surface area contributed by atoms with Gasteiger partial charge in [0, 0.05) is 16.5 Å². The SMILES string of the molecule is COC(=O)c1cc(Cc2cc(Br)cc(C(=O)OC)c2O)cc(Cl)c1O. The third kappa shape index (κ3) is 4.05. The van der Waals surface area contributed by atoms with E-state index in [4.69, 9.17) is 11.6 Å². The van der Waals surface area contributed by atoms with Crippen LogP contribution in [0.2, 0.25) is 5.02 Å². The van der Waals surface area contributed by atoms with E-state index in [9.17, 15) is 19.8 Å². The molecule has 0 aromatic heterocycles. The number of carbonyl (C=O) groups is 2. The largest absolute Gasteiger partial charge is 0.507 e. The van der Waals surface area contributed by atoms with Crippen molar-refractivity contribution in [1.82, 2.24) is 0 Å².